The van der Waals surface area contributed by atoms with Crippen LogP contribution in [-0.2, 0) is 6.54 Å². The van der Waals surface area contributed by atoms with Crippen molar-refractivity contribution in [1.29, 1.82) is 0 Å². The second kappa shape index (κ2) is 5.86. The van der Waals surface area contributed by atoms with Crippen molar-refractivity contribution in [3.05, 3.63) is 42.0 Å². The molecule has 1 aromatic heterocycles. The van der Waals surface area contributed by atoms with E-state index in [-0.39, 0.29) is 6.01 Å². The van der Waals surface area contributed by atoms with Crippen molar-refractivity contribution >= 4 is 17.1 Å². The molecular weight excluding hydrogens is 308 g/mol. The lowest BCUT2D eigenvalue weighted by atomic mass is 10.0. The van der Waals surface area contributed by atoms with Gasteiger partial charge < -0.3 is 25.5 Å². The molecule has 7 nitrogen and oxygen atoms in total. The van der Waals surface area contributed by atoms with Gasteiger partial charge in [-0.25, -0.2) is 4.79 Å². The number of rotatable bonds is 2. The molecule has 0 unspecified atom stereocenters. The fourth-order valence-corrected chi connectivity index (χ4v) is 2.80. The molecule has 4 N–H and O–H groups in total. The maximum absolute atomic E-state index is 10.8. The summed E-state index contributed by atoms with van der Waals surface area (Å²) in [4.78, 5) is 17.9. The number of primary amides is 1. The predicted molar refractivity (Wildman–Crippen MR) is 88.9 cm³/mol. The number of aromatic amines is 1. The largest absolute Gasteiger partial charge is 0.492 e. The summed E-state index contributed by atoms with van der Waals surface area (Å²) in [5, 5.41) is 3.33. The van der Waals surface area contributed by atoms with Crippen molar-refractivity contribution in [3.8, 4) is 22.9 Å². The van der Waals surface area contributed by atoms with Crippen LogP contribution in [0.4, 0.5) is 4.79 Å². The van der Waals surface area contributed by atoms with Crippen LogP contribution in [0.1, 0.15) is 5.56 Å². The van der Waals surface area contributed by atoms with Gasteiger partial charge in [-0.3, -0.25) is 0 Å². The topological polar surface area (TPSA) is 102 Å². The third kappa shape index (κ3) is 2.77. The maximum Gasteiger partial charge on any atom is 0.412 e. The number of nitrogens with zero attached hydrogens (tertiary/aromatic N) is 1. The monoisotopic (exact) mass is 324 g/mol. The van der Waals surface area contributed by atoms with Crippen molar-refractivity contribution < 1.29 is 14.3 Å². The van der Waals surface area contributed by atoms with Gasteiger partial charge in [0.05, 0.1) is 11.0 Å². The molecule has 1 aliphatic rings. The normalized spacial score (nSPS) is 13.8. The number of carbonyl (C=O) groups excluding carboxylic acids is 1. The summed E-state index contributed by atoms with van der Waals surface area (Å²) in [6.07, 6.45) is -0.896. The van der Waals surface area contributed by atoms with Crippen molar-refractivity contribution in [2.75, 3.05) is 13.2 Å². The highest BCUT2D eigenvalue weighted by Gasteiger charge is 2.11. The molecule has 1 aliphatic heterocycles. The third-order valence-corrected chi connectivity index (χ3v) is 3.90. The van der Waals surface area contributed by atoms with Gasteiger partial charge in [0.15, 0.2) is 0 Å². The summed E-state index contributed by atoms with van der Waals surface area (Å²) in [5.74, 6) is 0.918. The fraction of sp³-hybridized carbons (Fsp3) is 0.176. The molecule has 0 atom stereocenters. The Balaban J connectivity index is 1.71. The van der Waals surface area contributed by atoms with E-state index in [2.05, 4.69) is 21.4 Å². The number of aromatic nitrogens is 2. The summed E-state index contributed by atoms with van der Waals surface area (Å²) < 4.78 is 10.5. The lowest BCUT2D eigenvalue weighted by molar-refractivity contribution is 0.207. The zero-order valence-electron chi connectivity index (χ0n) is 12.8. The van der Waals surface area contributed by atoms with Crippen LogP contribution in [0.3, 0.4) is 0 Å². The molecule has 122 valence electrons. The zero-order valence-corrected chi connectivity index (χ0v) is 12.8. The van der Waals surface area contributed by atoms with E-state index in [4.69, 9.17) is 15.2 Å². The molecule has 0 fully saturated rings. The van der Waals surface area contributed by atoms with Gasteiger partial charge in [-0.15, -0.1) is 0 Å². The second-order valence-electron chi connectivity index (χ2n) is 5.54. The predicted octanol–water partition coefficient (Wildman–Crippen LogP) is 2.17. The summed E-state index contributed by atoms with van der Waals surface area (Å²) >= 11 is 0. The number of ether oxygens (including phenoxy) is 2. The van der Waals surface area contributed by atoms with Gasteiger partial charge in [0.1, 0.15) is 12.4 Å². The zero-order chi connectivity index (χ0) is 16.5. The minimum Gasteiger partial charge on any atom is -0.492 e. The van der Waals surface area contributed by atoms with Gasteiger partial charge >= 0.3 is 12.1 Å². The molecule has 1 amide bonds. The van der Waals surface area contributed by atoms with Crippen LogP contribution in [0, 0.1) is 0 Å². The molecule has 3 aromatic rings. The molecule has 0 saturated heterocycles. The molecule has 7 heteroatoms. The maximum atomic E-state index is 10.8. The molecule has 0 aliphatic carbocycles. The Kier molecular flexibility index (Phi) is 3.55. The Bertz CT molecular complexity index is 919. The number of hydrogen-bond donors (Lipinski definition) is 3. The standard InChI is InChI=1S/C17H16N4O3/c18-16(22)24-17-20-13-3-1-11(8-14(13)21-17)10-2-4-15-12(7-10)9-19-5-6-23-15/h1-4,7-8,19H,5-6,9H2,(H2,18,22)(H,20,21). The minimum absolute atomic E-state index is 0.0918. The van der Waals surface area contributed by atoms with Gasteiger partial charge in [0.2, 0.25) is 0 Å². The first-order valence-electron chi connectivity index (χ1n) is 7.63. The van der Waals surface area contributed by atoms with Gasteiger partial charge in [0.25, 0.3) is 0 Å². The number of imidazole rings is 1. The third-order valence-electron chi connectivity index (χ3n) is 3.90. The van der Waals surface area contributed by atoms with Gasteiger partial charge in [-0.2, -0.15) is 4.98 Å². The summed E-state index contributed by atoms with van der Waals surface area (Å²) in [7, 11) is 0. The second-order valence-corrected chi connectivity index (χ2v) is 5.54. The molecule has 0 spiro atoms. The molecule has 0 radical (unpaired) electrons. The Morgan fingerprint density at radius 3 is 2.92 bits per heavy atom. The van der Waals surface area contributed by atoms with Crippen LogP contribution >= 0.6 is 0 Å². The van der Waals surface area contributed by atoms with E-state index in [1.807, 2.05) is 30.3 Å². The van der Waals surface area contributed by atoms with Crippen LogP contribution in [0.2, 0.25) is 0 Å². The first-order chi connectivity index (χ1) is 11.7. The summed E-state index contributed by atoms with van der Waals surface area (Å²) in [5.41, 5.74) is 9.70. The Morgan fingerprint density at radius 2 is 2.04 bits per heavy atom. The first-order valence-corrected chi connectivity index (χ1v) is 7.63. The molecule has 24 heavy (non-hydrogen) atoms. The highest BCUT2D eigenvalue weighted by Crippen LogP contribution is 2.29. The summed E-state index contributed by atoms with van der Waals surface area (Å²) in [6, 6.07) is 12.0. The van der Waals surface area contributed by atoms with E-state index in [1.165, 1.54) is 0 Å². The average molecular weight is 324 g/mol. The van der Waals surface area contributed by atoms with Crippen LogP contribution in [0.5, 0.6) is 11.8 Å². The smallest absolute Gasteiger partial charge is 0.412 e. The number of carbonyl (C=O) groups is 1. The first kappa shape index (κ1) is 14.5. The Morgan fingerprint density at radius 1 is 1.21 bits per heavy atom. The highest BCUT2D eigenvalue weighted by molar-refractivity contribution is 5.83. The van der Waals surface area contributed by atoms with E-state index in [1.54, 1.807) is 0 Å². The van der Waals surface area contributed by atoms with Crippen molar-refractivity contribution in [3.63, 3.8) is 0 Å². The van der Waals surface area contributed by atoms with E-state index < -0.39 is 6.09 Å². The Labute approximate surface area is 137 Å². The lowest BCUT2D eigenvalue weighted by Crippen LogP contribution is -2.16. The van der Waals surface area contributed by atoms with Crippen molar-refractivity contribution in [2.45, 2.75) is 6.54 Å². The van der Waals surface area contributed by atoms with E-state index in [0.29, 0.717) is 12.1 Å². The average Bonchev–Trinajstić information content (AvgIpc) is 2.80. The highest BCUT2D eigenvalue weighted by atomic mass is 16.6. The van der Waals surface area contributed by atoms with Gasteiger partial charge in [-0.1, -0.05) is 12.1 Å². The number of benzene rings is 2. The van der Waals surface area contributed by atoms with E-state index in [9.17, 15) is 4.79 Å². The molecule has 2 aromatic carbocycles. The number of amides is 1. The van der Waals surface area contributed by atoms with Crippen molar-refractivity contribution in [1.82, 2.24) is 15.3 Å². The molecule has 0 bridgehead atoms. The van der Waals surface area contributed by atoms with E-state index >= 15 is 0 Å². The molecular formula is C17H16N4O3. The van der Waals surface area contributed by atoms with Crippen LogP contribution < -0.4 is 20.5 Å². The number of nitrogens with two attached hydrogens (primary N) is 1. The number of hydrogen-bond acceptors (Lipinski definition) is 5. The van der Waals surface area contributed by atoms with Crippen LogP contribution in [0.25, 0.3) is 22.2 Å². The quantitative estimate of drug-likeness (QED) is 0.670. The van der Waals surface area contributed by atoms with Crippen LogP contribution in [0.15, 0.2) is 36.4 Å². The number of H-pyrrole nitrogens is 1. The minimum atomic E-state index is -0.896. The number of nitrogens with one attached hydrogen (secondary N) is 2. The molecule has 4 rings (SSSR count). The lowest BCUT2D eigenvalue weighted by Gasteiger charge is -2.09. The van der Waals surface area contributed by atoms with Crippen LogP contribution in [-0.4, -0.2) is 29.2 Å². The summed E-state index contributed by atoms with van der Waals surface area (Å²) in [6.45, 7) is 2.30. The Hall–Kier alpha value is -3.06. The van der Waals surface area contributed by atoms with Crippen molar-refractivity contribution in [2.24, 2.45) is 5.73 Å². The number of fused-ring (bicyclic) bond motifs is 2. The fourth-order valence-electron chi connectivity index (χ4n) is 2.80. The van der Waals surface area contributed by atoms with E-state index in [0.717, 1.165) is 41.0 Å². The molecule has 2 heterocycles. The van der Waals surface area contributed by atoms with Gasteiger partial charge in [0, 0.05) is 18.7 Å². The SMILES string of the molecule is NC(=O)Oc1nc2cc(-c3ccc4c(c3)CNCCO4)ccc2[nH]1. The molecule has 0 saturated carbocycles. The van der Waals surface area contributed by atoms with Gasteiger partial charge in [-0.05, 0) is 35.4 Å².